The van der Waals surface area contributed by atoms with Gasteiger partial charge in [-0.2, -0.15) is 10.9 Å². The second kappa shape index (κ2) is 3.64. The molecular formula is C12H10N2OS. The summed E-state index contributed by atoms with van der Waals surface area (Å²) in [6.45, 7) is 0. The number of benzene rings is 1. The minimum absolute atomic E-state index is 0.318. The largest absolute Gasteiger partial charge is 0.360 e. The first-order valence-corrected chi connectivity index (χ1v) is 6.44. The van der Waals surface area contributed by atoms with E-state index in [0.717, 1.165) is 5.52 Å². The van der Waals surface area contributed by atoms with Crippen LogP contribution in [0.2, 0.25) is 0 Å². The zero-order chi connectivity index (χ0) is 11.0. The molecule has 1 N–H and O–H groups in total. The molecule has 1 aromatic carbocycles. The van der Waals surface area contributed by atoms with E-state index in [9.17, 15) is 4.91 Å². The molecule has 0 fully saturated rings. The standard InChI is InChI=1S/C12H10N2OS/c15-14-9-3-4-10-11(7-9)13-8-12(10)16-5-1-2-6-16/h1-8,13,16H. The monoisotopic (exact) mass is 230 g/mol. The van der Waals surface area contributed by atoms with E-state index in [0.29, 0.717) is 5.69 Å². The maximum Gasteiger partial charge on any atom is 0.110 e. The summed E-state index contributed by atoms with van der Waals surface area (Å²) in [4.78, 5) is 14.9. The van der Waals surface area contributed by atoms with Gasteiger partial charge >= 0.3 is 0 Å². The Hall–Kier alpha value is -1.81. The summed E-state index contributed by atoms with van der Waals surface area (Å²) in [7, 11) is -0.318. The Bertz CT molecular complexity index is 601. The maximum absolute atomic E-state index is 10.4. The van der Waals surface area contributed by atoms with Gasteiger partial charge in [0.25, 0.3) is 0 Å². The van der Waals surface area contributed by atoms with Crippen LogP contribution in [0.15, 0.2) is 57.4 Å². The second-order valence-corrected chi connectivity index (χ2v) is 5.48. The summed E-state index contributed by atoms with van der Waals surface area (Å²) in [5.74, 6) is 0. The molecule has 0 aliphatic carbocycles. The Morgan fingerprint density at radius 1 is 1.19 bits per heavy atom. The Kier molecular flexibility index (Phi) is 2.15. The fourth-order valence-corrected chi connectivity index (χ4v) is 3.54. The van der Waals surface area contributed by atoms with Crippen molar-refractivity contribution in [2.75, 3.05) is 0 Å². The van der Waals surface area contributed by atoms with Gasteiger partial charge in [0, 0.05) is 22.0 Å². The number of rotatable bonds is 2. The van der Waals surface area contributed by atoms with Crippen molar-refractivity contribution in [1.82, 2.24) is 4.98 Å². The molecule has 4 heteroatoms. The zero-order valence-corrected chi connectivity index (χ0v) is 9.32. The number of allylic oxidation sites excluding steroid dienone is 2. The molecule has 3 rings (SSSR count). The summed E-state index contributed by atoms with van der Waals surface area (Å²) < 4.78 is 0. The summed E-state index contributed by atoms with van der Waals surface area (Å²) in [6, 6.07) is 5.50. The lowest BCUT2D eigenvalue weighted by atomic mass is 10.2. The molecule has 80 valence electrons. The van der Waals surface area contributed by atoms with E-state index in [4.69, 9.17) is 0 Å². The third-order valence-electron chi connectivity index (χ3n) is 2.63. The van der Waals surface area contributed by atoms with Gasteiger partial charge in [0.1, 0.15) is 5.69 Å². The van der Waals surface area contributed by atoms with Crippen LogP contribution in [0.5, 0.6) is 0 Å². The van der Waals surface area contributed by atoms with E-state index in [2.05, 4.69) is 33.1 Å². The molecule has 3 nitrogen and oxygen atoms in total. The topological polar surface area (TPSA) is 45.2 Å². The zero-order valence-electron chi connectivity index (χ0n) is 8.42. The molecule has 2 aromatic rings. The van der Waals surface area contributed by atoms with Crippen LogP contribution in [0.1, 0.15) is 0 Å². The Labute approximate surface area is 95.2 Å². The first kappa shape index (κ1) is 9.42. The Balaban J connectivity index is 2.16. The predicted octanol–water partition coefficient (Wildman–Crippen LogP) is 3.97. The van der Waals surface area contributed by atoms with Gasteiger partial charge in [-0.05, 0) is 34.2 Å². The van der Waals surface area contributed by atoms with Crippen LogP contribution in [-0.4, -0.2) is 4.98 Å². The summed E-state index contributed by atoms with van der Waals surface area (Å²) >= 11 is 0. The number of hydrogen-bond donors (Lipinski definition) is 2. The van der Waals surface area contributed by atoms with E-state index >= 15 is 0 Å². The SMILES string of the molecule is O=Nc1ccc2c([SH]3C=CC=C3)c[nH]c2c1. The quantitative estimate of drug-likeness (QED) is 0.595. The van der Waals surface area contributed by atoms with Crippen LogP contribution < -0.4 is 0 Å². The molecule has 0 atom stereocenters. The number of hydrogen-bond acceptors (Lipinski definition) is 2. The summed E-state index contributed by atoms with van der Waals surface area (Å²) in [5.41, 5.74) is 1.44. The number of fused-ring (bicyclic) bond motifs is 1. The lowest BCUT2D eigenvalue weighted by molar-refractivity contribution is 1.41. The third kappa shape index (κ3) is 1.39. The van der Waals surface area contributed by atoms with Gasteiger partial charge in [0.05, 0.1) is 0 Å². The predicted molar refractivity (Wildman–Crippen MR) is 69.3 cm³/mol. The third-order valence-corrected chi connectivity index (χ3v) is 4.54. The molecule has 2 heterocycles. The van der Waals surface area contributed by atoms with Crippen molar-refractivity contribution in [1.29, 1.82) is 0 Å². The van der Waals surface area contributed by atoms with Crippen molar-refractivity contribution < 1.29 is 0 Å². The smallest absolute Gasteiger partial charge is 0.110 e. The van der Waals surface area contributed by atoms with Gasteiger partial charge in [0.2, 0.25) is 0 Å². The second-order valence-electron chi connectivity index (χ2n) is 3.59. The average Bonchev–Trinajstić information content (AvgIpc) is 2.96. The van der Waals surface area contributed by atoms with Crippen LogP contribution in [-0.2, 0) is 0 Å². The first-order valence-electron chi connectivity index (χ1n) is 4.96. The first-order chi connectivity index (χ1) is 7.88. The number of thiol groups is 1. The van der Waals surface area contributed by atoms with Crippen molar-refractivity contribution in [2.45, 2.75) is 4.90 Å². The molecule has 1 aromatic heterocycles. The number of nitroso groups, excluding NO2 is 1. The summed E-state index contributed by atoms with van der Waals surface area (Å²) in [5, 5.41) is 8.53. The highest BCUT2D eigenvalue weighted by Gasteiger charge is 2.09. The van der Waals surface area contributed by atoms with Gasteiger partial charge in [-0.1, -0.05) is 12.2 Å². The lowest BCUT2D eigenvalue weighted by Gasteiger charge is -2.07. The highest BCUT2D eigenvalue weighted by Crippen LogP contribution is 2.45. The van der Waals surface area contributed by atoms with Crippen molar-refractivity contribution in [3.63, 3.8) is 0 Å². The minimum Gasteiger partial charge on any atom is -0.360 e. The molecule has 0 spiro atoms. The average molecular weight is 230 g/mol. The number of aromatic amines is 1. The lowest BCUT2D eigenvalue weighted by Crippen LogP contribution is -1.71. The van der Waals surface area contributed by atoms with Crippen LogP contribution >= 0.6 is 10.9 Å². The van der Waals surface area contributed by atoms with Crippen LogP contribution in [0.4, 0.5) is 5.69 Å². The van der Waals surface area contributed by atoms with Crippen molar-refractivity contribution in [2.24, 2.45) is 5.18 Å². The molecule has 0 saturated heterocycles. The molecule has 1 aliphatic rings. The molecule has 0 saturated carbocycles. The molecule has 0 amide bonds. The van der Waals surface area contributed by atoms with E-state index < -0.39 is 0 Å². The van der Waals surface area contributed by atoms with Gasteiger partial charge in [-0.3, -0.25) is 0 Å². The number of nitrogens with one attached hydrogen (secondary N) is 1. The van der Waals surface area contributed by atoms with Crippen molar-refractivity contribution >= 4 is 27.5 Å². The van der Waals surface area contributed by atoms with E-state index in [-0.39, 0.29) is 10.9 Å². The van der Waals surface area contributed by atoms with E-state index in [1.807, 2.05) is 12.3 Å². The minimum atomic E-state index is -0.318. The van der Waals surface area contributed by atoms with Gasteiger partial charge < -0.3 is 4.98 Å². The fourth-order valence-electron chi connectivity index (χ4n) is 1.86. The van der Waals surface area contributed by atoms with Crippen LogP contribution in [0.25, 0.3) is 10.9 Å². The molecule has 1 aliphatic heterocycles. The van der Waals surface area contributed by atoms with E-state index in [1.165, 1.54) is 10.3 Å². The Morgan fingerprint density at radius 3 is 2.75 bits per heavy atom. The molecule has 0 unspecified atom stereocenters. The number of nitrogens with zero attached hydrogens (tertiary/aromatic N) is 1. The van der Waals surface area contributed by atoms with Crippen LogP contribution in [0.3, 0.4) is 0 Å². The van der Waals surface area contributed by atoms with Gasteiger partial charge in [-0.25, -0.2) is 0 Å². The normalized spacial score (nSPS) is 16.1. The van der Waals surface area contributed by atoms with Crippen molar-refractivity contribution in [3.05, 3.63) is 52.3 Å². The Morgan fingerprint density at radius 2 is 2.00 bits per heavy atom. The van der Waals surface area contributed by atoms with E-state index in [1.54, 1.807) is 12.1 Å². The molecule has 0 radical (unpaired) electrons. The number of aromatic nitrogens is 1. The molecule has 0 bridgehead atoms. The van der Waals surface area contributed by atoms with Crippen molar-refractivity contribution in [3.8, 4) is 0 Å². The highest BCUT2D eigenvalue weighted by molar-refractivity contribution is 8.22. The number of H-pyrrole nitrogens is 1. The van der Waals surface area contributed by atoms with Crippen LogP contribution in [0, 0.1) is 4.91 Å². The molecular weight excluding hydrogens is 220 g/mol. The van der Waals surface area contributed by atoms with Gasteiger partial charge in [0.15, 0.2) is 0 Å². The highest BCUT2D eigenvalue weighted by atomic mass is 32.2. The van der Waals surface area contributed by atoms with Gasteiger partial charge in [-0.15, -0.1) is 4.91 Å². The maximum atomic E-state index is 10.4. The summed E-state index contributed by atoms with van der Waals surface area (Å²) in [6.07, 6.45) is 6.17. The fraction of sp³-hybridized carbons (Fsp3) is 0. The molecule has 16 heavy (non-hydrogen) atoms.